The molecule has 1 saturated heterocycles. The minimum Gasteiger partial charge on any atom is -0.465 e. The number of carbonyl (C=O) groups excluding carboxylic acids is 1. The highest BCUT2D eigenvalue weighted by atomic mass is 79.9. The fourth-order valence-corrected chi connectivity index (χ4v) is 4.00. The zero-order valence-electron chi connectivity index (χ0n) is 16.1. The van der Waals surface area contributed by atoms with Gasteiger partial charge < -0.3 is 9.64 Å². The molecule has 0 atom stereocenters. The number of ether oxygens (including phenoxy) is 1. The van der Waals surface area contributed by atoms with Gasteiger partial charge in [-0.15, -0.1) is 17.0 Å². The fraction of sp³-hybridized carbons (Fsp3) is 0.435. The van der Waals surface area contributed by atoms with Gasteiger partial charge in [0.25, 0.3) is 0 Å². The van der Waals surface area contributed by atoms with Crippen LogP contribution < -0.4 is 0 Å². The highest BCUT2D eigenvalue weighted by Gasteiger charge is 2.43. The van der Waals surface area contributed by atoms with Gasteiger partial charge in [-0.05, 0) is 56.9 Å². The molecule has 0 saturated carbocycles. The maximum absolute atomic E-state index is 13.3. The van der Waals surface area contributed by atoms with E-state index in [0.717, 1.165) is 37.2 Å². The van der Waals surface area contributed by atoms with Crippen molar-refractivity contribution in [1.29, 1.82) is 0 Å². The normalized spacial score (nSPS) is 15.0. The molecular formula is C23H30BrNO2. The van der Waals surface area contributed by atoms with E-state index in [-0.39, 0.29) is 23.0 Å². The molecule has 0 aliphatic carbocycles. The largest absolute Gasteiger partial charge is 0.465 e. The lowest BCUT2D eigenvalue weighted by Gasteiger charge is -2.35. The Morgan fingerprint density at radius 3 is 1.93 bits per heavy atom. The summed E-state index contributed by atoms with van der Waals surface area (Å²) in [5, 5.41) is 0. The predicted molar refractivity (Wildman–Crippen MR) is 116 cm³/mol. The first-order chi connectivity index (χ1) is 12.8. The van der Waals surface area contributed by atoms with E-state index >= 15 is 0 Å². The Bertz CT molecular complexity index is 645. The molecular weight excluding hydrogens is 402 g/mol. The summed E-state index contributed by atoms with van der Waals surface area (Å²) in [6, 6.07) is 20.2. The molecule has 1 aliphatic heterocycles. The Morgan fingerprint density at radius 2 is 1.44 bits per heavy atom. The fourth-order valence-electron chi connectivity index (χ4n) is 4.00. The lowest BCUT2D eigenvalue weighted by molar-refractivity contribution is -0.149. The van der Waals surface area contributed by atoms with Gasteiger partial charge in [-0.25, -0.2) is 0 Å². The van der Waals surface area contributed by atoms with Crippen molar-refractivity contribution in [3.8, 4) is 0 Å². The Kier molecular flexibility index (Phi) is 8.52. The molecule has 4 heteroatoms. The predicted octanol–water partition coefficient (Wildman–Crippen LogP) is 4.99. The molecule has 146 valence electrons. The number of nitrogens with zero attached hydrogens (tertiary/aromatic N) is 1. The Labute approximate surface area is 173 Å². The van der Waals surface area contributed by atoms with Crippen LogP contribution in [-0.4, -0.2) is 37.1 Å². The Balaban J connectivity index is 0.00000261. The van der Waals surface area contributed by atoms with Gasteiger partial charge in [0, 0.05) is 0 Å². The maximum Gasteiger partial charge on any atom is 0.321 e. The zero-order valence-corrected chi connectivity index (χ0v) is 17.8. The highest BCUT2D eigenvalue weighted by Crippen LogP contribution is 2.37. The van der Waals surface area contributed by atoms with Gasteiger partial charge in [0.1, 0.15) is 5.41 Å². The third-order valence-electron chi connectivity index (χ3n) is 5.41. The SMILES string of the molecule is Br.CCOC(=O)C(CCN1CCCCC1)(c1ccccc1)c1ccccc1. The maximum atomic E-state index is 13.3. The molecule has 3 rings (SSSR count). The molecule has 2 aromatic rings. The summed E-state index contributed by atoms with van der Waals surface area (Å²) in [7, 11) is 0. The average molecular weight is 432 g/mol. The smallest absolute Gasteiger partial charge is 0.321 e. The lowest BCUT2D eigenvalue weighted by Crippen LogP contribution is -2.43. The molecule has 3 nitrogen and oxygen atoms in total. The van der Waals surface area contributed by atoms with Crippen LogP contribution in [0.3, 0.4) is 0 Å². The van der Waals surface area contributed by atoms with Gasteiger partial charge in [0.15, 0.2) is 0 Å². The number of halogens is 1. The first-order valence-corrected chi connectivity index (χ1v) is 9.78. The van der Waals surface area contributed by atoms with E-state index in [1.165, 1.54) is 19.3 Å². The van der Waals surface area contributed by atoms with E-state index in [9.17, 15) is 4.79 Å². The molecule has 1 aliphatic rings. The highest BCUT2D eigenvalue weighted by molar-refractivity contribution is 8.93. The monoisotopic (exact) mass is 431 g/mol. The van der Waals surface area contributed by atoms with Crippen LogP contribution in [0.15, 0.2) is 60.7 Å². The number of hydrogen-bond donors (Lipinski definition) is 0. The molecule has 0 amide bonds. The molecule has 0 N–H and O–H groups in total. The third kappa shape index (κ3) is 4.99. The molecule has 0 unspecified atom stereocenters. The van der Waals surface area contributed by atoms with Gasteiger partial charge in [-0.2, -0.15) is 0 Å². The van der Waals surface area contributed by atoms with Crippen molar-refractivity contribution in [1.82, 2.24) is 4.90 Å². The standard InChI is InChI=1S/C23H29NO2.BrH/c1-2-26-22(25)23(20-12-6-3-7-13-20,21-14-8-4-9-15-21)16-19-24-17-10-5-11-18-24;/h3-4,6-9,12-15H,2,5,10-11,16-19H2,1H3;1H. The number of hydrogen-bond acceptors (Lipinski definition) is 3. The van der Waals surface area contributed by atoms with E-state index in [2.05, 4.69) is 29.2 Å². The quantitative estimate of drug-likeness (QED) is 0.578. The van der Waals surface area contributed by atoms with Crippen molar-refractivity contribution in [3.05, 3.63) is 71.8 Å². The topological polar surface area (TPSA) is 29.5 Å². The molecule has 1 fully saturated rings. The molecule has 1 heterocycles. The van der Waals surface area contributed by atoms with E-state index in [1.54, 1.807) is 0 Å². The van der Waals surface area contributed by atoms with E-state index < -0.39 is 5.41 Å². The number of carbonyl (C=O) groups is 1. The molecule has 0 aromatic heterocycles. The summed E-state index contributed by atoms with van der Waals surface area (Å²) in [4.78, 5) is 15.8. The van der Waals surface area contributed by atoms with Gasteiger partial charge in [-0.3, -0.25) is 4.79 Å². The third-order valence-corrected chi connectivity index (χ3v) is 5.41. The number of likely N-dealkylation sites (tertiary alicyclic amines) is 1. The second-order valence-electron chi connectivity index (χ2n) is 7.01. The summed E-state index contributed by atoms with van der Waals surface area (Å²) in [6.07, 6.45) is 4.56. The van der Waals surface area contributed by atoms with E-state index in [4.69, 9.17) is 4.74 Å². The van der Waals surface area contributed by atoms with E-state index in [1.807, 2.05) is 43.3 Å². The van der Waals surface area contributed by atoms with E-state index in [0.29, 0.717) is 6.61 Å². The summed E-state index contributed by atoms with van der Waals surface area (Å²) < 4.78 is 5.60. The second-order valence-corrected chi connectivity index (χ2v) is 7.01. The van der Waals surface area contributed by atoms with Crippen molar-refractivity contribution >= 4 is 23.0 Å². The van der Waals surface area contributed by atoms with Crippen LogP contribution in [0.1, 0.15) is 43.7 Å². The van der Waals surface area contributed by atoms with Crippen LogP contribution in [0.25, 0.3) is 0 Å². The summed E-state index contributed by atoms with van der Waals surface area (Å²) in [5.74, 6) is -0.144. The van der Waals surface area contributed by atoms with Crippen LogP contribution in [0.4, 0.5) is 0 Å². The second kappa shape index (κ2) is 10.6. The van der Waals surface area contributed by atoms with Crippen LogP contribution in [0, 0.1) is 0 Å². The van der Waals surface area contributed by atoms with Crippen LogP contribution >= 0.6 is 17.0 Å². The minimum absolute atomic E-state index is 0. The van der Waals surface area contributed by atoms with Gasteiger partial charge in [0.2, 0.25) is 0 Å². The Morgan fingerprint density at radius 1 is 0.926 bits per heavy atom. The van der Waals surface area contributed by atoms with Crippen LogP contribution in [-0.2, 0) is 14.9 Å². The van der Waals surface area contributed by atoms with Crippen molar-refractivity contribution < 1.29 is 9.53 Å². The van der Waals surface area contributed by atoms with Gasteiger partial charge >= 0.3 is 5.97 Å². The number of piperidine rings is 1. The van der Waals surface area contributed by atoms with Crippen molar-refractivity contribution in [3.63, 3.8) is 0 Å². The molecule has 0 spiro atoms. The summed E-state index contributed by atoms with van der Waals surface area (Å²) >= 11 is 0. The average Bonchev–Trinajstić information content (AvgIpc) is 2.71. The van der Waals surface area contributed by atoms with Crippen molar-refractivity contribution in [2.75, 3.05) is 26.2 Å². The van der Waals surface area contributed by atoms with Crippen molar-refractivity contribution in [2.45, 2.75) is 38.0 Å². The molecule has 0 radical (unpaired) electrons. The lowest BCUT2D eigenvalue weighted by atomic mass is 9.71. The molecule has 2 aromatic carbocycles. The molecule has 0 bridgehead atoms. The number of esters is 1. The Hall–Kier alpha value is -1.65. The minimum atomic E-state index is -0.754. The van der Waals surface area contributed by atoms with Gasteiger partial charge in [0.05, 0.1) is 6.61 Å². The summed E-state index contributed by atoms with van der Waals surface area (Å²) in [6.45, 7) is 5.43. The zero-order chi connectivity index (χ0) is 18.2. The first-order valence-electron chi connectivity index (χ1n) is 9.78. The van der Waals surface area contributed by atoms with Crippen LogP contribution in [0.5, 0.6) is 0 Å². The van der Waals surface area contributed by atoms with Crippen molar-refractivity contribution in [2.24, 2.45) is 0 Å². The van der Waals surface area contributed by atoms with Gasteiger partial charge in [-0.1, -0.05) is 67.1 Å². The number of benzene rings is 2. The first kappa shape index (κ1) is 21.6. The molecule has 27 heavy (non-hydrogen) atoms. The van der Waals surface area contributed by atoms with Crippen LogP contribution in [0.2, 0.25) is 0 Å². The number of rotatable bonds is 7. The summed E-state index contributed by atoms with van der Waals surface area (Å²) in [5.41, 5.74) is 1.28.